The van der Waals surface area contributed by atoms with E-state index in [0.717, 1.165) is 29.4 Å². The smallest absolute Gasteiger partial charge is 0.326 e. The second-order valence-corrected chi connectivity index (χ2v) is 5.82. The minimum atomic E-state index is -0.180. The van der Waals surface area contributed by atoms with Gasteiger partial charge in [0.25, 0.3) is 0 Å². The van der Waals surface area contributed by atoms with Gasteiger partial charge in [-0.15, -0.1) is 0 Å². The van der Waals surface area contributed by atoms with Crippen molar-refractivity contribution in [2.75, 3.05) is 6.54 Å². The van der Waals surface area contributed by atoms with Gasteiger partial charge in [0.15, 0.2) is 0 Å². The Bertz CT molecular complexity index is 890. The van der Waals surface area contributed by atoms with Gasteiger partial charge >= 0.3 is 5.69 Å². The van der Waals surface area contributed by atoms with E-state index in [4.69, 9.17) is 0 Å². The van der Waals surface area contributed by atoms with E-state index < -0.39 is 0 Å². The molecule has 3 rings (SSSR count). The molecule has 2 heterocycles. The molecule has 126 valence electrons. The zero-order valence-electron chi connectivity index (χ0n) is 13.7. The number of nitrogens with zero attached hydrogens (tertiary/aromatic N) is 3. The predicted octanol–water partition coefficient (Wildman–Crippen LogP) is 1.20. The average molecular weight is 327 g/mol. The normalized spacial score (nSPS) is 11.0. The molecule has 0 saturated heterocycles. The Morgan fingerprint density at radius 3 is 2.96 bits per heavy atom. The summed E-state index contributed by atoms with van der Waals surface area (Å²) in [6.07, 6.45) is 5.85. The van der Waals surface area contributed by atoms with E-state index >= 15 is 0 Å². The van der Waals surface area contributed by atoms with Crippen LogP contribution in [0.25, 0.3) is 11.0 Å². The first-order valence-electron chi connectivity index (χ1n) is 8.05. The van der Waals surface area contributed by atoms with Crippen LogP contribution >= 0.6 is 0 Å². The highest BCUT2D eigenvalue weighted by Crippen LogP contribution is 2.09. The Labute approximate surface area is 139 Å². The first-order valence-corrected chi connectivity index (χ1v) is 8.05. The molecule has 2 aromatic heterocycles. The summed E-state index contributed by atoms with van der Waals surface area (Å²) in [6, 6.07) is 7.48. The van der Waals surface area contributed by atoms with Crippen LogP contribution in [-0.4, -0.2) is 31.8 Å². The highest BCUT2D eigenvalue weighted by Gasteiger charge is 2.08. The molecule has 0 bridgehead atoms. The number of benzene rings is 1. The van der Waals surface area contributed by atoms with E-state index in [1.165, 1.54) is 0 Å². The van der Waals surface area contributed by atoms with E-state index in [-0.39, 0.29) is 18.0 Å². The quantitative estimate of drug-likeness (QED) is 0.640. The van der Waals surface area contributed by atoms with Crippen LogP contribution in [0, 0.1) is 0 Å². The monoisotopic (exact) mass is 327 g/mol. The predicted molar refractivity (Wildman–Crippen MR) is 91.7 cm³/mol. The first kappa shape index (κ1) is 16.0. The number of aryl methyl sites for hydroxylation is 3. The van der Waals surface area contributed by atoms with Crippen molar-refractivity contribution in [1.29, 1.82) is 0 Å². The Balaban J connectivity index is 1.45. The SMILES string of the molecule is Cn1cc(CCCNC(=O)CCn2c(=O)[nH]c3ccccc32)cn1. The summed E-state index contributed by atoms with van der Waals surface area (Å²) >= 11 is 0. The number of hydrogen-bond acceptors (Lipinski definition) is 3. The second kappa shape index (κ2) is 7.16. The van der Waals surface area contributed by atoms with E-state index in [0.29, 0.717) is 13.1 Å². The number of fused-ring (bicyclic) bond motifs is 1. The molecule has 0 aliphatic heterocycles. The molecule has 1 amide bonds. The van der Waals surface area contributed by atoms with Gasteiger partial charge in [0.1, 0.15) is 0 Å². The topological polar surface area (TPSA) is 84.7 Å². The van der Waals surface area contributed by atoms with Gasteiger partial charge in [0.05, 0.1) is 17.2 Å². The van der Waals surface area contributed by atoms with Crippen LogP contribution in [0.1, 0.15) is 18.4 Å². The van der Waals surface area contributed by atoms with Gasteiger partial charge in [-0.25, -0.2) is 4.79 Å². The van der Waals surface area contributed by atoms with Crippen LogP contribution in [0.2, 0.25) is 0 Å². The number of aromatic amines is 1. The maximum atomic E-state index is 11.9. The molecular weight excluding hydrogens is 306 g/mol. The maximum Gasteiger partial charge on any atom is 0.326 e. The molecule has 2 N–H and O–H groups in total. The Kier molecular flexibility index (Phi) is 4.79. The number of hydrogen-bond donors (Lipinski definition) is 2. The van der Waals surface area contributed by atoms with Crippen LogP contribution in [0.5, 0.6) is 0 Å². The van der Waals surface area contributed by atoms with Crippen LogP contribution < -0.4 is 11.0 Å². The maximum absolute atomic E-state index is 11.9. The molecule has 7 nitrogen and oxygen atoms in total. The van der Waals surface area contributed by atoms with Crippen LogP contribution in [0.15, 0.2) is 41.5 Å². The van der Waals surface area contributed by atoms with Crippen LogP contribution in [0.3, 0.4) is 0 Å². The summed E-state index contributed by atoms with van der Waals surface area (Å²) in [7, 11) is 1.89. The van der Waals surface area contributed by atoms with Crippen molar-refractivity contribution in [3.05, 3.63) is 52.7 Å². The zero-order valence-corrected chi connectivity index (χ0v) is 13.7. The number of rotatable bonds is 7. The van der Waals surface area contributed by atoms with Crippen molar-refractivity contribution in [3.63, 3.8) is 0 Å². The van der Waals surface area contributed by atoms with Crippen molar-refractivity contribution >= 4 is 16.9 Å². The lowest BCUT2D eigenvalue weighted by molar-refractivity contribution is -0.121. The number of amides is 1. The average Bonchev–Trinajstić information content (AvgIpc) is 3.12. The van der Waals surface area contributed by atoms with Gasteiger partial charge in [-0.1, -0.05) is 12.1 Å². The summed E-state index contributed by atoms with van der Waals surface area (Å²) < 4.78 is 3.37. The number of para-hydroxylation sites is 2. The third kappa shape index (κ3) is 3.73. The lowest BCUT2D eigenvalue weighted by Crippen LogP contribution is -2.27. The van der Waals surface area contributed by atoms with Crippen molar-refractivity contribution < 1.29 is 4.79 Å². The molecule has 1 aromatic carbocycles. The third-order valence-corrected chi connectivity index (χ3v) is 3.97. The van der Waals surface area contributed by atoms with Gasteiger partial charge in [0.2, 0.25) is 5.91 Å². The largest absolute Gasteiger partial charge is 0.356 e. The summed E-state index contributed by atoms with van der Waals surface area (Å²) in [4.78, 5) is 26.7. The molecule has 3 aromatic rings. The molecule has 0 saturated carbocycles. The molecule has 24 heavy (non-hydrogen) atoms. The Hall–Kier alpha value is -2.83. The minimum Gasteiger partial charge on any atom is -0.356 e. The van der Waals surface area contributed by atoms with Crippen LogP contribution in [-0.2, 0) is 24.8 Å². The van der Waals surface area contributed by atoms with Gasteiger partial charge in [-0.05, 0) is 30.5 Å². The highest BCUT2D eigenvalue weighted by molar-refractivity contribution is 5.77. The fraction of sp³-hybridized carbons (Fsp3) is 0.353. The van der Waals surface area contributed by atoms with E-state index in [1.54, 1.807) is 9.25 Å². The number of carbonyl (C=O) groups is 1. The third-order valence-electron chi connectivity index (χ3n) is 3.97. The van der Waals surface area contributed by atoms with Gasteiger partial charge in [0, 0.05) is 32.8 Å². The molecule has 0 atom stereocenters. The summed E-state index contributed by atoms with van der Waals surface area (Å²) in [5, 5.41) is 7.01. The number of imidazole rings is 1. The Morgan fingerprint density at radius 1 is 1.33 bits per heavy atom. The van der Waals surface area contributed by atoms with Crippen molar-refractivity contribution in [2.24, 2.45) is 7.05 Å². The number of H-pyrrole nitrogens is 1. The highest BCUT2D eigenvalue weighted by atomic mass is 16.2. The van der Waals surface area contributed by atoms with Gasteiger partial charge in [-0.2, -0.15) is 5.10 Å². The van der Waals surface area contributed by atoms with Crippen LogP contribution in [0.4, 0.5) is 0 Å². The van der Waals surface area contributed by atoms with E-state index in [9.17, 15) is 9.59 Å². The summed E-state index contributed by atoms with van der Waals surface area (Å²) in [5.74, 6) is -0.0432. The number of aromatic nitrogens is 4. The summed E-state index contributed by atoms with van der Waals surface area (Å²) in [5.41, 5.74) is 2.60. The molecule has 0 spiro atoms. The van der Waals surface area contributed by atoms with E-state index in [2.05, 4.69) is 15.4 Å². The second-order valence-electron chi connectivity index (χ2n) is 5.82. The number of carbonyl (C=O) groups excluding carboxylic acids is 1. The van der Waals surface area contributed by atoms with Crippen molar-refractivity contribution in [3.8, 4) is 0 Å². The fourth-order valence-electron chi connectivity index (χ4n) is 2.75. The minimum absolute atomic E-state index is 0.0432. The summed E-state index contributed by atoms with van der Waals surface area (Å²) in [6.45, 7) is 0.994. The van der Waals surface area contributed by atoms with Gasteiger partial charge in [-0.3, -0.25) is 14.0 Å². The molecule has 0 aliphatic rings. The van der Waals surface area contributed by atoms with Gasteiger partial charge < -0.3 is 10.3 Å². The van der Waals surface area contributed by atoms with E-state index in [1.807, 2.05) is 43.7 Å². The standard InChI is InChI=1S/C17H21N5O2/c1-21-12-13(11-19-21)5-4-9-18-16(23)8-10-22-15-7-3-2-6-14(15)20-17(22)24/h2-3,6-7,11-12H,4-5,8-10H2,1H3,(H,18,23)(H,20,24). The molecule has 0 radical (unpaired) electrons. The molecular formula is C17H21N5O2. The zero-order chi connectivity index (χ0) is 16.9. The first-order chi connectivity index (χ1) is 11.6. The molecule has 0 fully saturated rings. The molecule has 0 unspecified atom stereocenters. The molecule has 7 heteroatoms. The Morgan fingerprint density at radius 2 is 2.17 bits per heavy atom. The lowest BCUT2D eigenvalue weighted by atomic mass is 10.2. The lowest BCUT2D eigenvalue weighted by Gasteiger charge is -2.06. The molecule has 0 aliphatic carbocycles. The van der Waals surface area contributed by atoms with Crippen molar-refractivity contribution in [2.45, 2.75) is 25.8 Å². The number of nitrogens with one attached hydrogen (secondary N) is 2. The fourth-order valence-corrected chi connectivity index (χ4v) is 2.75. The van der Waals surface area contributed by atoms with Crippen molar-refractivity contribution in [1.82, 2.24) is 24.6 Å².